The minimum Gasteiger partial charge on any atom is -0.302 e. The second-order valence-electron chi connectivity index (χ2n) is 6.40. The number of fused-ring (bicyclic) bond motifs is 2. The van der Waals surface area contributed by atoms with Gasteiger partial charge >= 0.3 is 0 Å². The molecule has 18 heavy (non-hydrogen) atoms. The van der Waals surface area contributed by atoms with Gasteiger partial charge in [0.25, 0.3) is 0 Å². The molecule has 2 bridgehead atoms. The fourth-order valence-corrected chi connectivity index (χ4v) is 4.03. The van der Waals surface area contributed by atoms with Crippen molar-refractivity contribution in [2.45, 2.75) is 64.1 Å². The molecule has 0 aromatic rings. The first kappa shape index (κ1) is 12.2. The first-order chi connectivity index (χ1) is 8.56. The second-order valence-corrected chi connectivity index (χ2v) is 6.40. The molecule has 0 radical (unpaired) electrons. The van der Waals surface area contributed by atoms with Gasteiger partial charge in [0, 0.05) is 12.1 Å². The number of hydrogen-bond donors (Lipinski definition) is 1. The van der Waals surface area contributed by atoms with Crippen LogP contribution in [0.15, 0.2) is 0 Å². The van der Waals surface area contributed by atoms with Gasteiger partial charge in [-0.1, -0.05) is 6.42 Å². The van der Waals surface area contributed by atoms with Gasteiger partial charge in [0.05, 0.1) is 12.5 Å². The Bertz CT molecular complexity index is 380. The lowest BCUT2D eigenvalue weighted by Crippen LogP contribution is -2.47. The summed E-state index contributed by atoms with van der Waals surface area (Å²) in [5.74, 6) is 1.57. The van der Waals surface area contributed by atoms with Gasteiger partial charge in [0.1, 0.15) is 0 Å². The largest absolute Gasteiger partial charge is 0.302 e. The summed E-state index contributed by atoms with van der Waals surface area (Å²) in [4.78, 5) is 25.5. The van der Waals surface area contributed by atoms with Crippen molar-refractivity contribution in [1.82, 2.24) is 10.2 Å². The number of imide groups is 1. The van der Waals surface area contributed by atoms with Crippen molar-refractivity contribution in [3.05, 3.63) is 0 Å². The van der Waals surface area contributed by atoms with E-state index in [1.165, 1.54) is 30.6 Å². The van der Waals surface area contributed by atoms with Crippen molar-refractivity contribution in [3.63, 3.8) is 0 Å². The number of likely N-dealkylation sites (tertiary alicyclic amines) is 1. The molecule has 4 heteroatoms. The van der Waals surface area contributed by atoms with Crippen molar-refractivity contribution in [2.75, 3.05) is 0 Å². The van der Waals surface area contributed by atoms with Gasteiger partial charge in [-0.05, 0) is 44.9 Å². The number of carbonyl (C=O) groups is 2. The number of hydrogen-bond acceptors (Lipinski definition) is 3. The maximum atomic E-state index is 12.2. The van der Waals surface area contributed by atoms with E-state index in [4.69, 9.17) is 0 Å². The number of carbonyl (C=O) groups excluding carboxylic acids is 2. The highest BCUT2D eigenvalue weighted by Crippen LogP contribution is 2.44. The third kappa shape index (κ3) is 1.87. The average Bonchev–Trinajstić information content (AvgIpc) is 2.94. The third-order valence-corrected chi connectivity index (χ3v) is 4.85. The predicted octanol–water partition coefficient (Wildman–Crippen LogP) is 1.30. The molecule has 0 aromatic carbocycles. The van der Waals surface area contributed by atoms with Crippen LogP contribution in [0.5, 0.6) is 0 Å². The number of nitrogens with one attached hydrogen (secondary N) is 1. The van der Waals surface area contributed by atoms with Crippen molar-refractivity contribution in [3.8, 4) is 0 Å². The summed E-state index contributed by atoms with van der Waals surface area (Å²) in [7, 11) is 0. The predicted molar refractivity (Wildman–Crippen MR) is 67.8 cm³/mol. The van der Waals surface area contributed by atoms with Crippen LogP contribution in [0, 0.1) is 11.8 Å². The molecule has 1 heterocycles. The van der Waals surface area contributed by atoms with E-state index in [9.17, 15) is 9.59 Å². The van der Waals surface area contributed by atoms with Gasteiger partial charge in [-0.25, -0.2) is 0 Å². The molecule has 3 fully saturated rings. The van der Waals surface area contributed by atoms with Crippen LogP contribution in [-0.2, 0) is 9.59 Å². The zero-order valence-corrected chi connectivity index (χ0v) is 11.2. The van der Waals surface area contributed by atoms with E-state index in [-0.39, 0.29) is 23.9 Å². The lowest BCUT2D eigenvalue weighted by molar-refractivity contribution is -0.140. The van der Waals surface area contributed by atoms with E-state index < -0.39 is 0 Å². The molecule has 100 valence electrons. The Morgan fingerprint density at radius 2 is 2.00 bits per heavy atom. The molecule has 4 nitrogen and oxygen atoms in total. The standard InChI is InChI=1S/C14H22N2O2/c1-8(2)16-13(17)7-12(14(16)18)15-11-6-9-3-4-10(11)5-9/h8-12,15H,3-7H2,1-2H3. The molecule has 4 unspecified atom stereocenters. The van der Waals surface area contributed by atoms with Crippen LogP contribution in [0.1, 0.15) is 46.0 Å². The SMILES string of the molecule is CC(C)N1C(=O)CC(NC2CC3CCC2C3)C1=O. The van der Waals surface area contributed by atoms with Gasteiger partial charge in [-0.3, -0.25) is 14.5 Å². The Labute approximate surface area is 108 Å². The van der Waals surface area contributed by atoms with E-state index >= 15 is 0 Å². The lowest BCUT2D eigenvalue weighted by atomic mass is 9.94. The molecule has 2 aliphatic carbocycles. The summed E-state index contributed by atoms with van der Waals surface area (Å²) in [5.41, 5.74) is 0. The van der Waals surface area contributed by atoms with Crippen LogP contribution in [0.4, 0.5) is 0 Å². The topological polar surface area (TPSA) is 49.4 Å². The van der Waals surface area contributed by atoms with Crippen LogP contribution < -0.4 is 5.32 Å². The summed E-state index contributed by atoms with van der Waals surface area (Å²) in [6.07, 6.45) is 5.53. The third-order valence-electron chi connectivity index (χ3n) is 4.85. The molecule has 3 rings (SSSR count). The molecule has 1 N–H and O–H groups in total. The fourth-order valence-electron chi connectivity index (χ4n) is 4.03. The van der Waals surface area contributed by atoms with Gasteiger partial charge in [0.15, 0.2) is 0 Å². The molecule has 3 aliphatic rings. The summed E-state index contributed by atoms with van der Waals surface area (Å²) in [5, 5.41) is 3.46. The second kappa shape index (κ2) is 4.34. The molecular formula is C14H22N2O2. The maximum absolute atomic E-state index is 12.2. The van der Waals surface area contributed by atoms with Gasteiger partial charge in [-0.15, -0.1) is 0 Å². The minimum atomic E-state index is -0.260. The summed E-state index contributed by atoms with van der Waals surface area (Å²) >= 11 is 0. The van der Waals surface area contributed by atoms with E-state index in [0.717, 1.165) is 11.8 Å². The van der Waals surface area contributed by atoms with Gasteiger partial charge in [-0.2, -0.15) is 0 Å². The van der Waals surface area contributed by atoms with Crippen LogP contribution in [0.25, 0.3) is 0 Å². The van der Waals surface area contributed by atoms with Crippen molar-refractivity contribution >= 4 is 11.8 Å². The summed E-state index contributed by atoms with van der Waals surface area (Å²) in [6, 6.07) is 0.193. The van der Waals surface area contributed by atoms with Crippen LogP contribution in [-0.4, -0.2) is 34.8 Å². The quantitative estimate of drug-likeness (QED) is 0.768. The maximum Gasteiger partial charge on any atom is 0.247 e. The highest BCUT2D eigenvalue weighted by molar-refractivity contribution is 6.05. The van der Waals surface area contributed by atoms with E-state index in [0.29, 0.717) is 12.5 Å². The molecule has 1 saturated heterocycles. The van der Waals surface area contributed by atoms with Crippen LogP contribution in [0.2, 0.25) is 0 Å². The Balaban J connectivity index is 1.64. The lowest BCUT2D eigenvalue weighted by Gasteiger charge is -2.26. The summed E-state index contributed by atoms with van der Waals surface area (Å²) < 4.78 is 0. The smallest absolute Gasteiger partial charge is 0.247 e. The first-order valence-electron chi connectivity index (χ1n) is 7.18. The average molecular weight is 250 g/mol. The summed E-state index contributed by atoms with van der Waals surface area (Å²) in [6.45, 7) is 3.80. The van der Waals surface area contributed by atoms with Crippen molar-refractivity contribution < 1.29 is 9.59 Å². The molecule has 0 spiro atoms. The molecule has 1 aliphatic heterocycles. The number of rotatable bonds is 3. The van der Waals surface area contributed by atoms with Crippen molar-refractivity contribution in [2.24, 2.45) is 11.8 Å². The van der Waals surface area contributed by atoms with Crippen LogP contribution >= 0.6 is 0 Å². The highest BCUT2D eigenvalue weighted by atomic mass is 16.2. The molecule has 2 amide bonds. The number of amides is 2. The molecular weight excluding hydrogens is 228 g/mol. The van der Waals surface area contributed by atoms with Gasteiger partial charge in [0.2, 0.25) is 11.8 Å². The zero-order valence-electron chi connectivity index (χ0n) is 11.2. The van der Waals surface area contributed by atoms with E-state index in [2.05, 4.69) is 5.32 Å². The minimum absolute atomic E-state index is 0.0160. The number of nitrogens with zero attached hydrogens (tertiary/aromatic N) is 1. The fraction of sp³-hybridized carbons (Fsp3) is 0.857. The van der Waals surface area contributed by atoms with Crippen LogP contribution in [0.3, 0.4) is 0 Å². The van der Waals surface area contributed by atoms with E-state index in [1.54, 1.807) is 0 Å². The first-order valence-corrected chi connectivity index (χ1v) is 7.18. The monoisotopic (exact) mass is 250 g/mol. The van der Waals surface area contributed by atoms with Gasteiger partial charge < -0.3 is 5.32 Å². The van der Waals surface area contributed by atoms with E-state index in [1.807, 2.05) is 13.8 Å². The van der Waals surface area contributed by atoms with Crippen molar-refractivity contribution in [1.29, 1.82) is 0 Å². The zero-order chi connectivity index (χ0) is 12.9. The highest BCUT2D eigenvalue weighted by Gasteiger charge is 2.45. The molecule has 2 saturated carbocycles. The normalized spacial score (nSPS) is 39.4. The molecule has 4 atom stereocenters. The molecule has 0 aromatic heterocycles. The Morgan fingerprint density at radius 3 is 2.50 bits per heavy atom. The Hall–Kier alpha value is -0.900. The Morgan fingerprint density at radius 1 is 1.22 bits per heavy atom. The Kier molecular flexibility index (Phi) is 2.93.